The SMILES string of the molecule is CCN[C]1[CH][CH][CH][CH]1. The maximum atomic E-state index is 3.19. The topological polar surface area (TPSA) is 12.0 Å². The van der Waals surface area contributed by atoms with Crippen LogP contribution in [0.1, 0.15) is 6.92 Å². The molecule has 43 valence electrons. The van der Waals surface area contributed by atoms with Gasteiger partial charge in [0, 0.05) is 6.04 Å². The molecule has 0 atom stereocenters. The van der Waals surface area contributed by atoms with Gasteiger partial charge in [-0.1, -0.05) is 6.92 Å². The number of nitrogens with one attached hydrogen (secondary N) is 1. The molecular formula is C7H10N. The van der Waals surface area contributed by atoms with E-state index in [1.54, 1.807) is 0 Å². The van der Waals surface area contributed by atoms with Crippen LogP contribution >= 0.6 is 0 Å². The second-order valence-corrected chi connectivity index (χ2v) is 1.70. The Morgan fingerprint density at radius 2 is 2.00 bits per heavy atom. The lowest BCUT2D eigenvalue weighted by atomic mass is 10.2. The molecule has 0 aliphatic heterocycles. The third kappa shape index (κ3) is 1.48. The Bertz CT molecular complexity index is 55.4. The number of hydrogen-bond acceptors (Lipinski definition) is 1. The molecule has 1 aliphatic carbocycles. The lowest BCUT2D eigenvalue weighted by Crippen LogP contribution is -2.17. The summed E-state index contributed by atoms with van der Waals surface area (Å²) < 4.78 is 0. The van der Waals surface area contributed by atoms with Crippen LogP contribution in [-0.4, -0.2) is 6.54 Å². The van der Waals surface area contributed by atoms with Crippen LogP contribution in [0.4, 0.5) is 0 Å². The standard InChI is InChI=1S/C7H10N/c1-2-8-7-5-3-4-6-7/h3-6,8H,2H2,1H3. The molecule has 1 nitrogen and oxygen atoms in total. The third-order valence-corrected chi connectivity index (χ3v) is 1.04. The van der Waals surface area contributed by atoms with Crippen LogP contribution in [0.25, 0.3) is 0 Å². The molecule has 0 amide bonds. The molecule has 0 unspecified atom stereocenters. The van der Waals surface area contributed by atoms with Crippen molar-refractivity contribution < 1.29 is 0 Å². The number of rotatable bonds is 2. The smallest absolute Gasteiger partial charge is 0.0439 e. The molecule has 1 rings (SSSR count). The molecule has 0 bridgehead atoms. The Morgan fingerprint density at radius 1 is 1.38 bits per heavy atom. The van der Waals surface area contributed by atoms with Gasteiger partial charge in [0.1, 0.15) is 0 Å². The van der Waals surface area contributed by atoms with Crippen LogP contribution in [0.15, 0.2) is 0 Å². The Hall–Kier alpha value is -0.0400. The minimum Gasteiger partial charge on any atom is -0.309 e. The summed E-state index contributed by atoms with van der Waals surface area (Å²) in [6.45, 7) is 3.09. The van der Waals surface area contributed by atoms with Crippen molar-refractivity contribution in [1.82, 2.24) is 5.32 Å². The van der Waals surface area contributed by atoms with Gasteiger partial charge >= 0.3 is 0 Å². The fourth-order valence-corrected chi connectivity index (χ4v) is 0.696. The minimum absolute atomic E-state index is 1.00. The van der Waals surface area contributed by atoms with Gasteiger partial charge in [0.2, 0.25) is 0 Å². The molecular weight excluding hydrogens is 98.1 g/mol. The maximum Gasteiger partial charge on any atom is 0.0439 e. The monoisotopic (exact) mass is 108 g/mol. The zero-order valence-corrected chi connectivity index (χ0v) is 5.02. The van der Waals surface area contributed by atoms with Crippen LogP contribution in [-0.2, 0) is 0 Å². The zero-order chi connectivity index (χ0) is 5.82. The van der Waals surface area contributed by atoms with Crippen molar-refractivity contribution in [3.63, 3.8) is 0 Å². The van der Waals surface area contributed by atoms with Gasteiger partial charge in [0.25, 0.3) is 0 Å². The van der Waals surface area contributed by atoms with Gasteiger partial charge in [-0.2, -0.15) is 0 Å². The summed E-state index contributed by atoms with van der Waals surface area (Å²) >= 11 is 0. The van der Waals surface area contributed by atoms with Crippen molar-refractivity contribution in [3.8, 4) is 0 Å². The highest BCUT2D eigenvalue weighted by Crippen LogP contribution is 2.19. The molecule has 0 aromatic carbocycles. The summed E-state index contributed by atoms with van der Waals surface area (Å²) in [6.07, 6.45) is 8.17. The Labute approximate surface area is 51.5 Å². The van der Waals surface area contributed by atoms with Crippen LogP contribution in [0, 0.1) is 31.7 Å². The van der Waals surface area contributed by atoms with Gasteiger partial charge in [-0.05, 0) is 32.2 Å². The predicted molar refractivity (Wildman–Crippen MR) is 34.1 cm³/mol. The van der Waals surface area contributed by atoms with Crippen LogP contribution in [0.2, 0.25) is 0 Å². The number of hydrogen-bond donors (Lipinski definition) is 1. The van der Waals surface area contributed by atoms with Gasteiger partial charge in [0.05, 0.1) is 0 Å². The summed E-state index contributed by atoms with van der Waals surface area (Å²) in [4.78, 5) is 0. The predicted octanol–water partition coefficient (Wildman–Crippen LogP) is 0.959. The van der Waals surface area contributed by atoms with Gasteiger partial charge in [-0.25, -0.2) is 0 Å². The van der Waals surface area contributed by atoms with E-state index >= 15 is 0 Å². The molecule has 1 fully saturated rings. The van der Waals surface area contributed by atoms with E-state index in [1.807, 2.05) is 12.8 Å². The first-order valence-electron chi connectivity index (χ1n) is 2.89. The molecule has 0 saturated heterocycles. The summed E-state index contributed by atoms with van der Waals surface area (Å²) in [7, 11) is 0. The molecule has 0 aromatic heterocycles. The fourth-order valence-electron chi connectivity index (χ4n) is 0.696. The van der Waals surface area contributed by atoms with Crippen LogP contribution in [0.5, 0.6) is 0 Å². The second kappa shape index (κ2) is 3.08. The van der Waals surface area contributed by atoms with E-state index in [0.717, 1.165) is 6.54 Å². The molecule has 1 aliphatic rings. The van der Waals surface area contributed by atoms with Crippen molar-refractivity contribution in [1.29, 1.82) is 0 Å². The normalized spacial score (nSPS) is 22.1. The molecule has 8 heavy (non-hydrogen) atoms. The van der Waals surface area contributed by atoms with E-state index in [1.165, 1.54) is 6.04 Å². The van der Waals surface area contributed by atoms with E-state index < -0.39 is 0 Å². The Kier molecular flexibility index (Phi) is 2.34. The molecule has 1 heteroatoms. The Balaban J connectivity index is 2.06. The molecule has 1 saturated carbocycles. The first-order valence-corrected chi connectivity index (χ1v) is 2.89. The molecule has 1 N–H and O–H groups in total. The summed E-state index contributed by atoms with van der Waals surface area (Å²) in [6, 6.07) is 1.22. The molecule has 0 aromatic rings. The largest absolute Gasteiger partial charge is 0.309 e. The molecule has 0 heterocycles. The average molecular weight is 108 g/mol. The van der Waals surface area contributed by atoms with Crippen molar-refractivity contribution in [2.75, 3.05) is 6.54 Å². The highest BCUT2D eigenvalue weighted by Gasteiger charge is 2.14. The van der Waals surface area contributed by atoms with E-state index in [-0.39, 0.29) is 0 Å². The molecule has 0 spiro atoms. The summed E-state index contributed by atoms with van der Waals surface area (Å²) in [5.74, 6) is 0. The molecule has 5 radical (unpaired) electrons. The van der Waals surface area contributed by atoms with E-state index in [0.29, 0.717) is 0 Å². The van der Waals surface area contributed by atoms with Gasteiger partial charge in [-0.15, -0.1) is 0 Å². The van der Waals surface area contributed by atoms with E-state index in [9.17, 15) is 0 Å². The van der Waals surface area contributed by atoms with Gasteiger partial charge < -0.3 is 5.32 Å². The summed E-state index contributed by atoms with van der Waals surface area (Å²) in [5, 5.41) is 3.19. The highest BCUT2D eigenvalue weighted by atomic mass is 14.9. The lowest BCUT2D eigenvalue weighted by molar-refractivity contribution is 0.793. The highest BCUT2D eigenvalue weighted by molar-refractivity contribution is 5.33. The first kappa shape index (κ1) is 6.09. The zero-order valence-electron chi connectivity index (χ0n) is 5.02. The quantitative estimate of drug-likeness (QED) is 0.555. The second-order valence-electron chi connectivity index (χ2n) is 1.70. The fraction of sp³-hybridized carbons (Fsp3) is 0.286. The summed E-state index contributed by atoms with van der Waals surface area (Å²) in [5.41, 5.74) is 0. The van der Waals surface area contributed by atoms with Crippen LogP contribution in [0.3, 0.4) is 0 Å². The third-order valence-electron chi connectivity index (χ3n) is 1.04. The van der Waals surface area contributed by atoms with E-state index in [2.05, 4.69) is 25.1 Å². The van der Waals surface area contributed by atoms with Gasteiger partial charge in [-0.3, -0.25) is 0 Å². The van der Waals surface area contributed by atoms with Crippen molar-refractivity contribution in [2.24, 2.45) is 0 Å². The maximum absolute atomic E-state index is 3.19. The van der Waals surface area contributed by atoms with Crippen molar-refractivity contribution in [2.45, 2.75) is 6.92 Å². The van der Waals surface area contributed by atoms with Crippen molar-refractivity contribution in [3.05, 3.63) is 31.7 Å². The van der Waals surface area contributed by atoms with Crippen LogP contribution < -0.4 is 5.32 Å². The van der Waals surface area contributed by atoms with E-state index in [4.69, 9.17) is 0 Å². The van der Waals surface area contributed by atoms with Gasteiger partial charge in [0.15, 0.2) is 0 Å². The minimum atomic E-state index is 1.00. The van der Waals surface area contributed by atoms with Crippen molar-refractivity contribution >= 4 is 0 Å². The first-order chi connectivity index (χ1) is 3.93. The lowest BCUT2D eigenvalue weighted by Gasteiger charge is -2.05. The average Bonchev–Trinajstić information content (AvgIpc) is 2.19. The Morgan fingerprint density at radius 3 is 2.50 bits per heavy atom.